The predicted molar refractivity (Wildman–Crippen MR) is 84.6 cm³/mol. The number of nitrogens with one attached hydrogen (secondary N) is 1. The summed E-state index contributed by atoms with van der Waals surface area (Å²) in [5.74, 6) is 1.21. The first-order valence-electron chi connectivity index (χ1n) is 7.92. The number of furan rings is 1. The third-order valence-corrected chi connectivity index (χ3v) is 4.73. The Morgan fingerprint density at radius 3 is 2.95 bits per heavy atom. The molecule has 2 aromatic rings. The summed E-state index contributed by atoms with van der Waals surface area (Å²) in [6, 6.07) is 10.6. The lowest BCUT2D eigenvalue weighted by molar-refractivity contribution is -0.130. The zero-order valence-corrected chi connectivity index (χ0v) is 12.7. The largest absolute Gasteiger partial charge is 0.467 e. The SMILES string of the molecule is Cc1ccc2c(c1)[C@@H](N1CCCC1=O)C[C@@H](c1ccco1)N2. The normalized spacial score (nSPS) is 24.2. The first kappa shape index (κ1) is 13.4. The molecule has 1 aromatic carbocycles. The molecule has 0 spiro atoms. The second-order valence-corrected chi connectivity index (χ2v) is 6.25. The molecule has 22 heavy (non-hydrogen) atoms. The molecule has 4 nitrogen and oxygen atoms in total. The van der Waals surface area contributed by atoms with Crippen LogP contribution in [0.2, 0.25) is 0 Å². The standard InChI is InChI=1S/C18H20N2O2/c1-12-6-7-14-13(10-12)16(20-8-2-5-18(20)21)11-15(19-14)17-4-3-9-22-17/h3-4,6-7,9-10,15-16,19H,2,5,8,11H2,1H3/t15-,16-/m0/s1. The molecule has 4 heteroatoms. The Labute approximate surface area is 130 Å². The van der Waals surface area contributed by atoms with Crippen molar-refractivity contribution in [1.82, 2.24) is 4.90 Å². The van der Waals surface area contributed by atoms with E-state index >= 15 is 0 Å². The van der Waals surface area contributed by atoms with Gasteiger partial charge in [0.1, 0.15) is 5.76 Å². The molecular formula is C18H20N2O2. The summed E-state index contributed by atoms with van der Waals surface area (Å²) < 4.78 is 5.58. The van der Waals surface area contributed by atoms with Gasteiger partial charge in [-0.25, -0.2) is 0 Å². The molecular weight excluding hydrogens is 276 g/mol. The third kappa shape index (κ3) is 2.19. The number of likely N-dealkylation sites (tertiary alicyclic amines) is 1. The van der Waals surface area contributed by atoms with E-state index < -0.39 is 0 Å². The first-order chi connectivity index (χ1) is 10.7. The van der Waals surface area contributed by atoms with Crippen LogP contribution in [0.4, 0.5) is 5.69 Å². The van der Waals surface area contributed by atoms with Crippen LogP contribution in [0.3, 0.4) is 0 Å². The van der Waals surface area contributed by atoms with Crippen molar-refractivity contribution in [2.24, 2.45) is 0 Å². The number of fused-ring (bicyclic) bond motifs is 1. The molecule has 0 aliphatic carbocycles. The van der Waals surface area contributed by atoms with E-state index in [1.807, 2.05) is 12.1 Å². The quantitative estimate of drug-likeness (QED) is 0.916. The molecule has 2 aliphatic rings. The number of amides is 1. The van der Waals surface area contributed by atoms with Gasteiger partial charge >= 0.3 is 0 Å². The van der Waals surface area contributed by atoms with E-state index in [1.165, 1.54) is 11.1 Å². The van der Waals surface area contributed by atoms with Gasteiger partial charge in [-0.1, -0.05) is 17.7 Å². The van der Waals surface area contributed by atoms with Crippen LogP contribution in [-0.4, -0.2) is 17.4 Å². The maximum Gasteiger partial charge on any atom is 0.223 e. The molecule has 1 aromatic heterocycles. The molecule has 1 N–H and O–H groups in total. The Hall–Kier alpha value is -2.23. The third-order valence-electron chi connectivity index (χ3n) is 4.73. The van der Waals surface area contributed by atoms with Gasteiger partial charge in [0.25, 0.3) is 0 Å². The van der Waals surface area contributed by atoms with Crippen LogP contribution in [-0.2, 0) is 4.79 Å². The highest BCUT2D eigenvalue weighted by atomic mass is 16.3. The summed E-state index contributed by atoms with van der Waals surface area (Å²) >= 11 is 0. The fourth-order valence-electron chi connectivity index (χ4n) is 3.66. The number of aryl methyl sites for hydroxylation is 1. The molecule has 3 heterocycles. The molecule has 2 aliphatic heterocycles. The highest BCUT2D eigenvalue weighted by molar-refractivity contribution is 5.79. The zero-order valence-electron chi connectivity index (χ0n) is 12.7. The number of carbonyl (C=O) groups excluding carboxylic acids is 1. The van der Waals surface area contributed by atoms with Gasteiger partial charge in [-0.2, -0.15) is 0 Å². The number of benzene rings is 1. The van der Waals surface area contributed by atoms with Gasteiger partial charge in [0.15, 0.2) is 0 Å². The van der Waals surface area contributed by atoms with Crippen LogP contribution in [0.15, 0.2) is 41.0 Å². The number of hydrogen-bond donors (Lipinski definition) is 1. The second-order valence-electron chi connectivity index (χ2n) is 6.25. The van der Waals surface area contributed by atoms with Crippen LogP contribution in [0.5, 0.6) is 0 Å². The summed E-state index contributed by atoms with van der Waals surface area (Å²) in [5.41, 5.74) is 3.58. The van der Waals surface area contributed by atoms with Crippen molar-refractivity contribution in [2.75, 3.05) is 11.9 Å². The van der Waals surface area contributed by atoms with Crippen molar-refractivity contribution in [1.29, 1.82) is 0 Å². The smallest absolute Gasteiger partial charge is 0.223 e. The average molecular weight is 296 g/mol. The number of rotatable bonds is 2. The lowest BCUT2D eigenvalue weighted by atomic mass is 9.89. The monoisotopic (exact) mass is 296 g/mol. The summed E-state index contributed by atoms with van der Waals surface area (Å²) in [5, 5.41) is 3.56. The Morgan fingerprint density at radius 1 is 1.32 bits per heavy atom. The topological polar surface area (TPSA) is 45.5 Å². The summed E-state index contributed by atoms with van der Waals surface area (Å²) in [7, 11) is 0. The van der Waals surface area contributed by atoms with E-state index in [0.29, 0.717) is 6.42 Å². The van der Waals surface area contributed by atoms with Crippen molar-refractivity contribution in [3.05, 3.63) is 53.5 Å². The molecule has 0 unspecified atom stereocenters. The van der Waals surface area contributed by atoms with Crippen molar-refractivity contribution in [3.8, 4) is 0 Å². The van der Waals surface area contributed by atoms with Gasteiger partial charge in [0.2, 0.25) is 5.91 Å². The summed E-state index contributed by atoms with van der Waals surface area (Å²) in [6.07, 6.45) is 4.21. The van der Waals surface area contributed by atoms with Crippen LogP contribution < -0.4 is 5.32 Å². The highest BCUT2D eigenvalue weighted by Crippen LogP contribution is 2.43. The fourth-order valence-corrected chi connectivity index (χ4v) is 3.66. The van der Waals surface area contributed by atoms with E-state index in [0.717, 1.165) is 30.8 Å². The van der Waals surface area contributed by atoms with Crippen LogP contribution in [0.1, 0.15) is 48.2 Å². The van der Waals surface area contributed by atoms with E-state index in [1.54, 1.807) is 6.26 Å². The van der Waals surface area contributed by atoms with Crippen molar-refractivity contribution in [3.63, 3.8) is 0 Å². The van der Waals surface area contributed by atoms with Gasteiger partial charge in [-0.3, -0.25) is 4.79 Å². The lowest BCUT2D eigenvalue weighted by Crippen LogP contribution is -2.35. The van der Waals surface area contributed by atoms with E-state index in [9.17, 15) is 4.79 Å². The molecule has 0 saturated carbocycles. The molecule has 1 saturated heterocycles. The Bertz CT molecular complexity index is 693. The van der Waals surface area contributed by atoms with E-state index in [2.05, 4.69) is 35.3 Å². The van der Waals surface area contributed by atoms with Crippen molar-refractivity contribution < 1.29 is 9.21 Å². The van der Waals surface area contributed by atoms with Crippen LogP contribution >= 0.6 is 0 Å². The first-order valence-corrected chi connectivity index (χ1v) is 7.92. The van der Waals surface area contributed by atoms with Crippen molar-refractivity contribution >= 4 is 11.6 Å². The molecule has 1 amide bonds. The molecule has 0 bridgehead atoms. The van der Waals surface area contributed by atoms with Gasteiger partial charge in [0.05, 0.1) is 18.3 Å². The van der Waals surface area contributed by atoms with Gasteiger partial charge in [0, 0.05) is 18.7 Å². The Morgan fingerprint density at radius 2 is 2.23 bits per heavy atom. The molecule has 114 valence electrons. The van der Waals surface area contributed by atoms with E-state index in [-0.39, 0.29) is 18.0 Å². The van der Waals surface area contributed by atoms with Gasteiger partial charge in [-0.15, -0.1) is 0 Å². The maximum atomic E-state index is 12.2. The zero-order chi connectivity index (χ0) is 15.1. The predicted octanol–water partition coefficient (Wildman–Crippen LogP) is 3.81. The van der Waals surface area contributed by atoms with Gasteiger partial charge < -0.3 is 14.6 Å². The Balaban J connectivity index is 1.75. The summed E-state index contributed by atoms with van der Waals surface area (Å²) in [6.45, 7) is 2.96. The summed E-state index contributed by atoms with van der Waals surface area (Å²) in [4.78, 5) is 14.3. The second kappa shape index (κ2) is 5.20. The van der Waals surface area contributed by atoms with Gasteiger partial charge in [-0.05, 0) is 43.5 Å². The number of nitrogens with zero attached hydrogens (tertiary/aromatic N) is 1. The molecule has 0 radical (unpaired) electrons. The maximum absolute atomic E-state index is 12.2. The number of carbonyl (C=O) groups is 1. The minimum atomic E-state index is 0.114. The number of hydrogen-bond acceptors (Lipinski definition) is 3. The van der Waals surface area contributed by atoms with Crippen LogP contribution in [0, 0.1) is 6.92 Å². The molecule has 4 rings (SSSR count). The minimum absolute atomic E-state index is 0.114. The van der Waals surface area contributed by atoms with Crippen LogP contribution in [0.25, 0.3) is 0 Å². The lowest BCUT2D eigenvalue weighted by Gasteiger charge is -2.37. The number of anilines is 1. The highest BCUT2D eigenvalue weighted by Gasteiger charge is 2.36. The Kier molecular flexibility index (Phi) is 3.17. The molecule has 1 fully saturated rings. The fraction of sp³-hybridized carbons (Fsp3) is 0.389. The average Bonchev–Trinajstić information content (AvgIpc) is 3.18. The minimum Gasteiger partial charge on any atom is -0.467 e. The van der Waals surface area contributed by atoms with E-state index in [4.69, 9.17) is 4.42 Å². The van der Waals surface area contributed by atoms with Crippen molar-refractivity contribution in [2.45, 2.75) is 38.3 Å². The molecule has 2 atom stereocenters.